The van der Waals surface area contributed by atoms with Crippen LogP contribution in [-0.2, 0) is 17.9 Å². The van der Waals surface area contributed by atoms with Crippen LogP contribution in [0.1, 0.15) is 11.1 Å². The molecule has 0 saturated carbocycles. The van der Waals surface area contributed by atoms with Crippen molar-refractivity contribution in [2.24, 2.45) is 0 Å². The maximum absolute atomic E-state index is 5.34. The fourth-order valence-corrected chi connectivity index (χ4v) is 3.62. The van der Waals surface area contributed by atoms with E-state index in [9.17, 15) is 0 Å². The van der Waals surface area contributed by atoms with Gasteiger partial charge < -0.3 is 14.5 Å². The summed E-state index contributed by atoms with van der Waals surface area (Å²) >= 11 is 0. The van der Waals surface area contributed by atoms with Crippen LogP contribution in [0, 0.1) is 0 Å². The fraction of sp³-hybridized carbons (Fsp3) is 0.273. The molecule has 0 unspecified atom stereocenters. The highest BCUT2D eigenvalue weighted by Crippen LogP contribution is 2.34. The number of hydrogen-bond donors (Lipinski definition) is 0. The molecule has 1 aliphatic rings. The van der Waals surface area contributed by atoms with Crippen molar-refractivity contribution in [3.8, 4) is 0 Å². The second-order valence-corrected chi connectivity index (χ2v) is 6.82. The van der Waals surface area contributed by atoms with E-state index in [0.29, 0.717) is 6.61 Å². The smallest absolute Gasteiger partial charge is 0.0713 e. The van der Waals surface area contributed by atoms with Gasteiger partial charge in [0.05, 0.1) is 6.61 Å². The van der Waals surface area contributed by atoms with Gasteiger partial charge in [0.15, 0.2) is 0 Å². The molecule has 1 heterocycles. The lowest BCUT2D eigenvalue weighted by Crippen LogP contribution is -2.26. The quantitative estimate of drug-likeness (QED) is 0.699. The van der Waals surface area contributed by atoms with Gasteiger partial charge in [-0.1, -0.05) is 42.5 Å². The zero-order valence-corrected chi connectivity index (χ0v) is 14.9. The Balaban J connectivity index is 1.81. The van der Waals surface area contributed by atoms with E-state index in [0.717, 1.165) is 19.6 Å². The van der Waals surface area contributed by atoms with Crippen LogP contribution >= 0.6 is 0 Å². The molecule has 0 fully saturated rings. The first-order valence-electron chi connectivity index (χ1n) is 8.80. The average molecular weight is 332 g/mol. The summed E-state index contributed by atoms with van der Waals surface area (Å²) in [5.74, 6) is 0. The van der Waals surface area contributed by atoms with Crippen LogP contribution in [0.2, 0.25) is 0 Å². The van der Waals surface area contributed by atoms with Gasteiger partial charge in [-0.25, -0.2) is 0 Å². The zero-order chi connectivity index (χ0) is 17.2. The molecule has 3 aromatic rings. The van der Waals surface area contributed by atoms with Gasteiger partial charge in [0.1, 0.15) is 0 Å². The molecule has 4 rings (SSSR count). The Morgan fingerprint density at radius 3 is 2.60 bits per heavy atom. The molecular formula is C22H24N2O. The number of anilines is 2. The van der Waals surface area contributed by atoms with Crippen molar-refractivity contribution in [3.05, 3.63) is 71.8 Å². The predicted molar refractivity (Wildman–Crippen MR) is 104 cm³/mol. The van der Waals surface area contributed by atoms with Crippen molar-refractivity contribution < 1.29 is 4.74 Å². The topological polar surface area (TPSA) is 15.7 Å². The molecule has 0 atom stereocenters. The molecule has 3 aromatic carbocycles. The van der Waals surface area contributed by atoms with E-state index < -0.39 is 0 Å². The van der Waals surface area contributed by atoms with E-state index in [-0.39, 0.29) is 0 Å². The van der Waals surface area contributed by atoms with Crippen molar-refractivity contribution in [1.82, 2.24) is 4.90 Å². The van der Waals surface area contributed by atoms with Crippen LogP contribution < -0.4 is 4.90 Å². The molecule has 0 aliphatic carbocycles. The molecule has 0 spiro atoms. The van der Waals surface area contributed by atoms with Crippen LogP contribution in [0.15, 0.2) is 60.7 Å². The SMILES string of the molecule is COCc1ccc2c(c1)N(c1ccc3ccccc3c1)CCN(C)C2. The Morgan fingerprint density at radius 2 is 1.76 bits per heavy atom. The van der Waals surface area contributed by atoms with Crippen LogP contribution in [-0.4, -0.2) is 32.1 Å². The summed E-state index contributed by atoms with van der Waals surface area (Å²) in [6.07, 6.45) is 0. The summed E-state index contributed by atoms with van der Waals surface area (Å²) in [5.41, 5.74) is 5.14. The lowest BCUT2D eigenvalue weighted by atomic mass is 10.1. The Bertz CT molecular complexity index is 890. The molecule has 0 bridgehead atoms. The third-order valence-corrected chi connectivity index (χ3v) is 4.94. The molecule has 0 saturated heterocycles. The van der Waals surface area contributed by atoms with E-state index in [1.165, 1.54) is 33.3 Å². The number of methoxy groups -OCH3 is 1. The van der Waals surface area contributed by atoms with E-state index in [4.69, 9.17) is 4.74 Å². The number of nitrogens with zero attached hydrogens (tertiary/aromatic N) is 2. The van der Waals surface area contributed by atoms with Crippen molar-refractivity contribution in [2.45, 2.75) is 13.2 Å². The van der Waals surface area contributed by atoms with Gasteiger partial charge in [0, 0.05) is 38.1 Å². The third kappa shape index (κ3) is 3.26. The zero-order valence-electron chi connectivity index (χ0n) is 14.9. The second-order valence-electron chi connectivity index (χ2n) is 6.82. The first-order valence-corrected chi connectivity index (χ1v) is 8.80. The number of fused-ring (bicyclic) bond motifs is 2. The first kappa shape index (κ1) is 16.1. The van der Waals surface area contributed by atoms with E-state index in [2.05, 4.69) is 77.5 Å². The second kappa shape index (κ2) is 6.87. The monoisotopic (exact) mass is 332 g/mol. The molecule has 0 aromatic heterocycles. The highest BCUT2D eigenvalue weighted by Gasteiger charge is 2.20. The Hall–Kier alpha value is -2.36. The van der Waals surface area contributed by atoms with Crippen molar-refractivity contribution in [1.29, 1.82) is 0 Å². The average Bonchev–Trinajstić information content (AvgIpc) is 2.80. The normalized spacial score (nSPS) is 15.2. The molecule has 1 aliphatic heterocycles. The van der Waals surface area contributed by atoms with Gasteiger partial charge in [-0.3, -0.25) is 0 Å². The molecule has 3 nitrogen and oxygen atoms in total. The third-order valence-electron chi connectivity index (χ3n) is 4.94. The lowest BCUT2D eigenvalue weighted by molar-refractivity contribution is 0.185. The van der Waals surface area contributed by atoms with E-state index >= 15 is 0 Å². The minimum atomic E-state index is 0.647. The van der Waals surface area contributed by atoms with Gasteiger partial charge in [0.2, 0.25) is 0 Å². The van der Waals surface area contributed by atoms with Crippen LogP contribution in [0.3, 0.4) is 0 Å². The van der Waals surface area contributed by atoms with E-state index in [1.807, 2.05) is 0 Å². The van der Waals surface area contributed by atoms with Gasteiger partial charge in [-0.2, -0.15) is 0 Å². The Labute approximate surface area is 149 Å². The molecule has 3 heteroatoms. The summed E-state index contributed by atoms with van der Waals surface area (Å²) in [5, 5.41) is 2.57. The van der Waals surface area contributed by atoms with Gasteiger partial charge in [-0.05, 0) is 47.1 Å². The number of ether oxygens (including phenoxy) is 1. The maximum atomic E-state index is 5.34. The first-order chi connectivity index (χ1) is 12.2. The van der Waals surface area contributed by atoms with Crippen molar-refractivity contribution in [3.63, 3.8) is 0 Å². The highest BCUT2D eigenvalue weighted by molar-refractivity contribution is 5.87. The molecule has 0 amide bonds. The summed E-state index contributed by atoms with van der Waals surface area (Å²) in [6, 6.07) is 22.0. The number of benzene rings is 3. The minimum absolute atomic E-state index is 0.647. The van der Waals surface area contributed by atoms with Crippen molar-refractivity contribution >= 4 is 22.1 Å². The largest absolute Gasteiger partial charge is 0.380 e. The summed E-state index contributed by atoms with van der Waals surface area (Å²) < 4.78 is 5.34. The summed E-state index contributed by atoms with van der Waals surface area (Å²) in [6.45, 7) is 3.65. The molecular weight excluding hydrogens is 308 g/mol. The highest BCUT2D eigenvalue weighted by atomic mass is 16.5. The lowest BCUT2D eigenvalue weighted by Gasteiger charge is -2.26. The number of hydrogen-bond acceptors (Lipinski definition) is 3. The van der Waals surface area contributed by atoms with Crippen molar-refractivity contribution in [2.75, 3.05) is 32.1 Å². The van der Waals surface area contributed by atoms with Crippen LogP contribution in [0.25, 0.3) is 10.8 Å². The Kier molecular flexibility index (Phi) is 4.43. The predicted octanol–water partition coefficient (Wildman–Crippen LogP) is 4.57. The number of rotatable bonds is 3. The fourth-order valence-electron chi connectivity index (χ4n) is 3.62. The summed E-state index contributed by atoms with van der Waals surface area (Å²) in [7, 11) is 3.94. The Morgan fingerprint density at radius 1 is 0.920 bits per heavy atom. The maximum Gasteiger partial charge on any atom is 0.0713 e. The van der Waals surface area contributed by atoms with Crippen LogP contribution in [0.4, 0.5) is 11.4 Å². The molecule has 128 valence electrons. The van der Waals surface area contributed by atoms with Gasteiger partial charge in [0.25, 0.3) is 0 Å². The molecule has 0 radical (unpaired) electrons. The molecule has 25 heavy (non-hydrogen) atoms. The van der Waals surface area contributed by atoms with Gasteiger partial charge in [-0.15, -0.1) is 0 Å². The van der Waals surface area contributed by atoms with E-state index in [1.54, 1.807) is 7.11 Å². The van der Waals surface area contributed by atoms with Crippen LogP contribution in [0.5, 0.6) is 0 Å². The number of likely N-dealkylation sites (N-methyl/N-ethyl adjacent to an activating group) is 1. The molecule has 0 N–H and O–H groups in total. The van der Waals surface area contributed by atoms with Gasteiger partial charge >= 0.3 is 0 Å². The summed E-state index contributed by atoms with van der Waals surface area (Å²) in [4.78, 5) is 4.83. The standard InChI is InChI=1S/C22H24N2O/c1-23-11-12-24(21-10-9-18-5-3-4-6-19(18)14-21)22-13-17(16-25-2)7-8-20(22)15-23/h3-10,13-14H,11-12,15-16H2,1-2H3. The minimum Gasteiger partial charge on any atom is -0.380 e.